The lowest BCUT2D eigenvalue weighted by atomic mass is 9.89. The van der Waals surface area contributed by atoms with Crippen LogP contribution in [-0.4, -0.2) is 18.0 Å². The molecule has 2 aliphatic rings. The Balaban J connectivity index is 1.95. The maximum absolute atomic E-state index is 11.6. The zero-order valence-corrected chi connectivity index (χ0v) is 9.43. The van der Waals surface area contributed by atoms with Gasteiger partial charge < -0.3 is 11.1 Å². The van der Waals surface area contributed by atoms with Crippen LogP contribution in [0.15, 0.2) is 0 Å². The molecule has 0 atom stereocenters. The number of rotatable bonds is 4. The molecule has 3 N–H and O–H groups in total. The monoisotopic (exact) mass is 210 g/mol. The van der Waals surface area contributed by atoms with E-state index in [0.29, 0.717) is 0 Å². The fourth-order valence-corrected chi connectivity index (χ4v) is 2.50. The first-order valence-electron chi connectivity index (χ1n) is 6.28. The highest BCUT2D eigenvalue weighted by atomic mass is 16.1. The quantitative estimate of drug-likeness (QED) is 0.692. The van der Waals surface area contributed by atoms with Crippen LogP contribution in [0.5, 0.6) is 0 Å². The van der Waals surface area contributed by atoms with Gasteiger partial charge in [0.05, 0.1) is 5.54 Å². The Hall–Kier alpha value is -0.570. The molecular formula is C12H22N2O. The van der Waals surface area contributed by atoms with E-state index in [1.54, 1.807) is 0 Å². The highest BCUT2D eigenvalue weighted by Gasteiger charge is 2.37. The van der Waals surface area contributed by atoms with Gasteiger partial charge in [-0.1, -0.05) is 25.7 Å². The smallest absolute Gasteiger partial charge is 0.237 e. The van der Waals surface area contributed by atoms with Crippen molar-refractivity contribution in [3.05, 3.63) is 0 Å². The number of carbonyl (C=O) groups is 1. The molecule has 1 amide bonds. The maximum Gasteiger partial charge on any atom is 0.237 e. The molecule has 0 aromatic heterocycles. The van der Waals surface area contributed by atoms with E-state index in [2.05, 4.69) is 5.32 Å². The Kier molecular flexibility index (Phi) is 3.29. The number of hydrogen-bond acceptors (Lipinski definition) is 2. The molecule has 0 saturated heterocycles. The summed E-state index contributed by atoms with van der Waals surface area (Å²) in [5.74, 6) is 0.675. The van der Waals surface area contributed by atoms with Gasteiger partial charge in [-0.15, -0.1) is 0 Å². The lowest BCUT2D eigenvalue weighted by molar-refractivity contribution is -0.125. The number of nitrogens with two attached hydrogens (primary N) is 1. The standard InChI is InChI=1S/C12H22N2O/c13-11(15)12(14-9-10-5-6-10)7-3-1-2-4-8-12/h10,14H,1-9H2,(H2,13,15). The molecular weight excluding hydrogens is 188 g/mol. The molecule has 2 aliphatic carbocycles. The first kappa shape index (κ1) is 10.9. The van der Waals surface area contributed by atoms with Crippen molar-refractivity contribution >= 4 is 5.91 Å². The fourth-order valence-electron chi connectivity index (χ4n) is 2.50. The Labute approximate surface area is 91.8 Å². The molecule has 0 bridgehead atoms. The topological polar surface area (TPSA) is 55.1 Å². The van der Waals surface area contributed by atoms with Gasteiger partial charge in [-0.3, -0.25) is 4.79 Å². The molecule has 2 rings (SSSR count). The van der Waals surface area contributed by atoms with Crippen molar-refractivity contribution in [3.8, 4) is 0 Å². The van der Waals surface area contributed by atoms with Gasteiger partial charge in [-0.25, -0.2) is 0 Å². The van der Waals surface area contributed by atoms with Crippen LogP contribution in [0.2, 0.25) is 0 Å². The summed E-state index contributed by atoms with van der Waals surface area (Å²) in [5, 5.41) is 3.46. The normalized spacial score (nSPS) is 25.9. The average Bonchev–Trinajstić information content (AvgIpc) is 3.03. The van der Waals surface area contributed by atoms with Crippen molar-refractivity contribution in [3.63, 3.8) is 0 Å². The van der Waals surface area contributed by atoms with Gasteiger partial charge >= 0.3 is 0 Å². The van der Waals surface area contributed by atoms with Crippen LogP contribution in [0.25, 0.3) is 0 Å². The van der Waals surface area contributed by atoms with E-state index in [-0.39, 0.29) is 11.4 Å². The summed E-state index contributed by atoms with van der Waals surface area (Å²) >= 11 is 0. The summed E-state index contributed by atoms with van der Waals surface area (Å²) in [7, 11) is 0. The van der Waals surface area contributed by atoms with Gasteiger partial charge in [-0.05, 0) is 38.1 Å². The molecule has 86 valence electrons. The third-order valence-electron chi connectivity index (χ3n) is 3.85. The number of hydrogen-bond donors (Lipinski definition) is 2. The third kappa shape index (κ3) is 2.71. The highest BCUT2D eigenvalue weighted by Crippen LogP contribution is 2.31. The first-order chi connectivity index (χ1) is 7.23. The van der Waals surface area contributed by atoms with Crippen molar-refractivity contribution in [2.75, 3.05) is 6.54 Å². The largest absolute Gasteiger partial charge is 0.368 e. The van der Waals surface area contributed by atoms with Gasteiger partial charge in [0.1, 0.15) is 0 Å². The van der Waals surface area contributed by atoms with E-state index in [4.69, 9.17) is 5.73 Å². The second kappa shape index (κ2) is 4.52. The van der Waals surface area contributed by atoms with Crippen molar-refractivity contribution in [2.45, 2.75) is 56.9 Å². The van der Waals surface area contributed by atoms with Crippen molar-refractivity contribution in [1.82, 2.24) is 5.32 Å². The molecule has 0 heterocycles. The van der Waals surface area contributed by atoms with E-state index in [9.17, 15) is 4.79 Å². The third-order valence-corrected chi connectivity index (χ3v) is 3.85. The van der Waals surface area contributed by atoms with Gasteiger partial charge in [0.25, 0.3) is 0 Å². The average molecular weight is 210 g/mol. The summed E-state index contributed by atoms with van der Waals surface area (Å²) in [4.78, 5) is 11.6. The minimum atomic E-state index is -0.376. The Bertz CT molecular complexity index is 228. The number of carbonyl (C=O) groups excluding carboxylic acids is 1. The van der Waals surface area contributed by atoms with Crippen molar-refractivity contribution in [2.24, 2.45) is 11.7 Å². The predicted octanol–water partition coefficient (Wildman–Crippen LogP) is 1.56. The van der Waals surface area contributed by atoms with Crippen LogP contribution in [0, 0.1) is 5.92 Å². The van der Waals surface area contributed by atoms with Gasteiger partial charge in [0.2, 0.25) is 5.91 Å². The van der Waals surface area contributed by atoms with E-state index < -0.39 is 0 Å². The molecule has 0 radical (unpaired) electrons. The molecule has 0 aliphatic heterocycles. The van der Waals surface area contributed by atoms with E-state index in [0.717, 1.165) is 38.1 Å². The van der Waals surface area contributed by atoms with E-state index >= 15 is 0 Å². The summed E-state index contributed by atoms with van der Waals surface area (Å²) in [5.41, 5.74) is 5.20. The molecule has 0 spiro atoms. The second-order valence-electron chi connectivity index (χ2n) is 5.18. The molecule has 2 saturated carbocycles. The summed E-state index contributed by atoms with van der Waals surface area (Å²) in [6, 6.07) is 0. The van der Waals surface area contributed by atoms with Crippen LogP contribution >= 0.6 is 0 Å². The minimum absolute atomic E-state index is 0.134. The van der Waals surface area contributed by atoms with Crippen LogP contribution in [-0.2, 0) is 4.79 Å². The lowest BCUT2D eigenvalue weighted by Crippen LogP contribution is -2.55. The van der Waals surface area contributed by atoms with Crippen LogP contribution in [0.4, 0.5) is 0 Å². The molecule has 2 fully saturated rings. The van der Waals surface area contributed by atoms with Crippen LogP contribution in [0.1, 0.15) is 51.4 Å². The zero-order valence-electron chi connectivity index (χ0n) is 9.43. The van der Waals surface area contributed by atoms with Gasteiger partial charge in [-0.2, -0.15) is 0 Å². The summed E-state index contributed by atoms with van der Waals surface area (Å²) in [6.45, 7) is 0.989. The molecule has 0 aromatic rings. The zero-order chi connectivity index (χ0) is 10.7. The van der Waals surface area contributed by atoms with Crippen molar-refractivity contribution in [1.29, 1.82) is 0 Å². The van der Waals surface area contributed by atoms with E-state index in [1.807, 2.05) is 0 Å². The number of primary amides is 1. The summed E-state index contributed by atoms with van der Waals surface area (Å²) < 4.78 is 0. The Morgan fingerprint density at radius 3 is 2.27 bits per heavy atom. The van der Waals surface area contributed by atoms with Crippen LogP contribution < -0.4 is 11.1 Å². The van der Waals surface area contributed by atoms with Crippen LogP contribution in [0.3, 0.4) is 0 Å². The fraction of sp³-hybridized carbons (Fsp3) is 0.917. The Morgan fingerprint density at radius 1 is 1.20 bits per heavy atom. The molecule has 3 nitrogen and oxygen atoms in total. The lowest BCUT2D eigenvalue weighted by Gasteiger charge is -2.30. The SMILES string of the molecule is NC(=O)C1(NCC2CC2)CCCCCC1. The number of amides is 1. The highest BCUT2D eigenvalue weighted by molar-refractivity contribution is 5.84. The van der Waals surface area contributed by atoms with E-state index in [1.165, 1.54) is 25.7 Å². The Morgan fingerprint density at radius 2 is 1.80 bits per heavy atom. The summed E-state index contributed by atoms with van der Waals surface area (Å²) in [6.07, 6.45) is 9.30. The molecule has 3 heteroatoms. The predicted molar refractivity (Wildman–Crippen MR) is 60.4 cm³/mol. The van der Waals surface area contributed by atoms with Crippen molar-refractivity contribution < 1.29 is 4.79 Å². The van der Waals surface area contributed by atoms with Gasteiger partial charge in [0, 0.05) is 0 Å². The molecule has 0 unspecified atom stereocenters. The first-order valence-corrected chi connectivity index (χ1v) is 6.28. The molecule has 15 heavy (non-hydrogen) atoms. The number of nitrogens with one attached hydrogen (secondary N) is 1. The minimum Gasteiger partial charge on any atom is -0.368 e. The maximum atomic E-state index is 11.6. The molecule has 0 aromatic carbocycles. The second-order valence-corrected chi connectivity index (χ2v) is 5.18. The van der Waals surface area contributed by atoms with Gasteiger partial charge in [0.15, 0.2) is 0 Å².